The van der Waals surface area contributed by atoms with Crippen LogP contribution in [0.15, 0.2) is 0 Å². The highest BCUT2D eigenvalue weighted by Crippen LogP contribution is 1.70. The summed E-state index contributed by atoms with van der Waals surface area (Å²) in [5.74, 6) is 4.40. The first-order valence-electron chi connectivity index (χ1n) is 2.17. The average Bonchev–Trinajstić information content (AvgIpc) is 1.83. The Morgan fingerprint density at radius 1 is 1.75 bits per heavy atom. The molecule has 0 aliphatic rings. The second kappa shape index (κ2) is 4.51. The van der Waals surface area contributed by atoms with Gasteiger partial charge in [-0.3, -0.25) is 10.2 Å². The quantitative estimate of drug-likeness (QED) is 0.203. The van der Waals surface area contributed by atoms with E-state index >= 15 is 0 Å². The van der Waals surface area contributed by atoms with Crippen LogP contribution in [0.1, 0.15) is 6.42 Å². The monoisotopic (exact) mass is 119 g/mol. The SMILES string of the molecule is NNC(=O)CCNO. The summed E-state index contributed by atoms with van der Waals surface area (Å²) in [7, 11) is 0. The molecule has 5 N–H and O–H groups in total. The van der Waals surface area contributed by atoms with Gasteiger partial charge in [0.25, 0.3) is 0 Å². The van der Waals surface area contributed by atoms with E-state index in [0.29, 0.717) is 0 Å². The van der Waals surface area contributed by atoms with Crippen LogP contribution in [0.5, 0.6) is 0 Å². The highest BCUT2D eigenvalue weighted by atomic mass is 16.5. The van der Waals surface area contributed by atoms with E-state index in [4.69, 9.17) is 11.0 Å². The third kappa shape index (κ3) is 3.54. The van der Waals surface area contributed by atoms with Crippen molar-refractivity contribution in [1.82, 2.24) is 10.9 Å². The Balaban J connectivity index is 2.99. The van der Waals surface area contributed by atoms with Gasteiger partial charge in [-0.1, -0.05) is 0 Å². The van der Waals surface area contributed by atoms with Crippen molar-refractivity contribution in [2.45, 2.75) is 6.42 Å². The van der Waals surface area contributed by atoms with E-state index in [0.717, 1.165) is 0 Å². The predicted octanol–water partition coefficient (Wildman–Crippen LogP) is -1.65. The number of hydrogen-bond acceptors (Lipinski definition) is 4. The summed E-state index contributed by atoms with van der Waals surface area (Å²) in [6.45, 7) is 0.225. The minimum absolute atomic E-state index is 0.188. The second-order valence-electron chi connectivity index (χ2n) is 1.23. The predicted molar refractivity (Wildman–Crippen MR) is 26.7 cm³/mol. The van der Waals surface area contributed by atoms with Gasteiger partial charge in [0.1, 0.15) is 0 Å². The van der Waals surface area contributed by atoms with Crippen LogP contribution in [-0.2, 0) is 4.79 Å². The lowest BCUT2D eigenvalue weighted by Gasteiger charge is -1.94. The molecule has 0 aromatic heterocycles. The average molecular weight is 119 g/mol. The molecule has 0 rings (SSSR count). The van der Waals surface area contributed by atoms with Crippen LogP contribution in [0.3, 0.4) is 0 Å². The molecule has 0 aromatic carbocycles. The third-order valence-electron chi connectivity index (χ3n) is 0.625. The molecule has 0 heterocycles. The van der Waals surface area contributed by atoms with Gasteiger partial charge in [-0.15, -0.1) is 0 Å². The molecule has 0 saturated heterocycles. The van der Waals surface area contributed by atoms with Crippen LogP contribution >= 0.6 is 0 Å². The molecule has 0 atom stereocenters. The Morgan fingerprint density at radius 2 is 2.38 bits per heavy atom. The second-order valence-corrected chi connectivity index (χ2v) is 1.23. The zero-order valence-corrected chi connectivity index (χ0v) is 4.35. The van der Waals surface area contributed by atoms with Crippen molar-refractivity contribution in [3.63, 3.8) is 0 Å². The smallest absolute Gasteiger partial charge is 0.235 e. The zero-order chi connectivity index (χ0) is 6.41. The van der Waals surface area contributed by atoms with Crippen molar-refractivity contribution in [2.24, 2.45) is 5.84 Å². The first kappa shape index (κ1) is 7.35. The number of carbonyl (C=O) groups excluding carboxylic acids is 1. The first-order valence-corrected chi connectivity index (χ1v) is 2.17. The number of carbonyl (C=O) groups is 1. The molecule has 0 bridgehead atoms. The number of rotatable bonds is 3. The van der Waals surface area contributed by atoms with Gasteiger partial charge in [-0.25, -0.2) is 11.3 Å². The van der Waals surface area contributed by atoms with E-state index < -0.39 is 0 Å². The van der Waals surface area contributed by atoms with Crippen molar-refractivity contribution < 1.29 is 10.0 Å². The van der Waals surface area contributed by atoms with Gasteiger partial charge < -0.3 is 5.21 Å². The van der Waals surface area contributed by atoms with Crippen molar-refractivity contribution in [1.29, 1.82) is 0 Å². The molecule has 0 unspecified atom stereocenters. The summed E-state index contributed by atoms with van der Waals surface area (Å²) >= 11 is 0. The molecule has 5 heteroatoms. The minimum Gasteiger partial charge on any atom is -0.317 e. The summed E-state index contributed by atoms with van der Waals surface area (Å²) < 4.78 is 0. The number of hydrazine groups is 1. The van der Waals surface area contributed by atoms with E-state index in [9.17, 15) is 4.79 Å². The fourth-order valence-electron chi connectivity index (χ4n) is 0.242. The van der Waals surface area contributed by atoms with Crippen molar-refractivity contribution in [2.75, 3.05) is 6.54 Å². The lowest BCUT2D eigenvalue weighted by molar-refractivity contribution is -0.121. The first-order chi connectivity index (χ1) is 3.81. The molecule has 1 amide bonds. The van der Waals surface area contributed by atoms with Crippen LogP contribution in [-0.4, -0.2) is 17.7 Å². The molecule has 48 valence electrons. The van der Waals surface area contributed by atoms with E-state index in [1.54, 1.807) is 0 Å². The Kier molecular flexibility index (Phi) is 4.14. The third-order valence-corrected chi connectivity index (χ3v) is 0.625. The molecule has 0 radical (unpaired) electrons. The highest BCUT2D eigenvalue weighted by molar-refractivity contribution is 5.75. The Morgan fingerprint density at radius 3 is 2.75 bits per heavy atom. The normalized spacial score (nSPS) is 8.75. The van der Waals surface area contributed by atoms with Gasteiger partial charge in [0.2, 0.25) is 5.91 Å². The molecule has 0 saturated carbocycles. The van der Waals surface area contributed by atoms with Gasteiger partial charge >= 0.3 is 0 Å². The fraction of sp³-hybridized carbons (Fsp3) is 0.667. The molecule has 0 aliphatic heterocycles. The summed E-state index contributed by atoms with van der Waals surface area (Å²) in [6.07, 6.45) is 0.188. The molecular formula is C3H9N3O2. The Bertz CT molecular complexity index is 74.9. The maximum atomic E-state index is 10.2. The molecular weight excluding hydrogens is 110 g/mol. The highest BCUT2D eigenvalue weighted by Gasteiger charge is 1.93. The number of hydrogen-bond donors (Lipinski definition) is 4. The number of amides is 1. The van der Waals surface area contributed by atoms with Crippen LogP contribution in [0, 0.1) is 0 Å². The number of hydroxylamine groups is 1. The van der Waals surface area contributed by atoms with E-state index in [1.165, 1.54) is 0 Å². The topological polar surface area (TPSA) is 87.4 Å². The summed E-state index contributed by atoms with van der Waals surface area (Å²) in [5.41, 5.74) is 3.73. The molecule has 0 aliphatic carbocycles. The van der Waals surface area contributed by atoms with Crippen LogP contribution in [0.25, 0.3) is 0 Å². The Labute approximate surface area is 46.8 Å². The zero-order valence-electron chi connectivity index (χ0n) is 4.35. The van der Waals surface area contributed by atoms with Crippen molar-refractivity contribution in [3.05, 3.63) is 0 Å². The van der Waals surface area contributed by atoms with E-state index in [-0.39, 0.29) is 18.9 Å². The Hall–Kier alpha value is -0.650. The lowest BCUT2D eigenvalue weighted by Crippen LogP contribution is -2.32. The summed E-state index contributed by atoms with van der Waals surface area (Å²) in [5, 5.41) is 7.94. The van der Waals surface area contributed by atoms with E-state index in [2.05, 4.69) is 0 Å². The van der Waals surface area contributed by atoms with Gasteiger partial charge in [-0.2, -0.15) is 0 Å². The molecule has 0 aromatic rings. The van der Waals surface area contributed by atoms with E-state index in [1.807, 2.05) is 10.9 Å². The molecule has 5 nitrogen and oxygen atoms in total. The molecule has 8 heavy (non-hydrogen) atoms. The standard InChI is InChI=1S/C3H9N3O2/c4-6-3(7)1-2-5-8/h5,8H,1-2,4H2,(H,6,7). The lowest BCUT2D eigenvalue weighted by atomic mass is 10.4. The van der Waals surface area contributed by atoms with Crippen molar-refractivity contribution >= 4 is 5.91 Å². The largest absolute Gasteiger partial charge is 0.317 e. The summed E-state index contributed by atoms with van der Waals surface area (Å²) in [6, 6.07) is 0. The fourth-order valence-corrected chi connectivity index (χ4v) is 0.242. The van der Waals surface area contributed by atoms with Gasteiger partial charge in [0, 0.05) is 13.0 Å². The van der Waals surface area contributed by atoms with Crippen molar-refractivity contribution in [3.8, 4) is 0 Å². The van der Waals surface area contributed by atoms with Crippen LogP contribution in [0.2, 0.25) is 0 Å². The van der Waals surface area contributed by atoms with Crippen LogP contribution in [0.4, 0.5) is 0 Å². The summed E-state index contributed by atoms with van der Waals surface area (Å²) in [4.78, 5) is 10.2. The van der Waals surface area contributed by atoms with Gasteiger partial charge in [0.05, 0.1) is 0 Å². The minimum atomic E-state index is -0.299. The number of nitrogens with two attached hydrogens (primary N) is 1. The maximum Gasteiger partial charge on any atom is 0.235 e. The van der Waals surface area contributed by atoms with Crippen LogP contribution < -0.4 is 16.7 Å². The molecule has 0 fully saturated rings. The molecule has 0 spiro atoms. The van der Waals surface area contributed by atoms with Gasteiger partial charge in [-0.05, 0) is 0 Å². The maximum absolute atomic E-state index is 10.2. The van der Waals surface area contributed by atoms with Gasteiger partial charge in [0.15, 0.2) is 0 Å². The number of nitrogens with one attached hydrogen (secondary N) is 2.